The average Bonchev–Trinajstić information content (AvgIpc) is 2.83. The minimum Gasteiger partial charge on any atom is -0.453 e. The van der Waals surface area contributed by atoms with Crippen LogP contribution in [0.3, 0.4) is 0 Å². The lowest BCUT2D eigenvalue weighted by molar-refractivity contribution is -0.114. The zero-order valence-corrected chi connectivity index (χ0v) is 22.6. The first kappa shape index (κ1) is 30.3. The molecule has 17 heteroatoms. The Morgan fingerprint density at radius 2 is 1.55 bits per heavy atom. The minimum atomic E-state index is -6.41. The second-order valence-electron chi connectivity index (χ2n) is 8.19. The van der Waals surface area contributed by atoms with E-state index in [0.717, 1.165) is 14.0 Å². The van der Waals surface area contributed by atoms with Crippen LogP contribution >= 0.6 is 0 Å². The van der Waals surface area contributed by atoms with Gasteiger partial charge in [0.25, 0.3) is 0 Å². The van der Waals surface area contributed by atoms with Crippen LogP contribution in [0.4, 0.5) is 35.0 Å². The molecule has 0 saturated carbocycles. The third-order valence-electron chi connectivity index (χ3n) is 5.17. The molecular weight excluding hydrogens is 583 g/mol. The molecule has 3 aromatic carbocycles. The molecule has 0 aliphatic rings. The highest BCUT2D eigenvalue weighted by Gasteiger charge is 2.49. The SMILES string of the molecule is COC(=O)Nc1c(OS(C)(=O)=O)c(OS(=O)(=O)C(F)(F)F)c(Cc2ccccc2)c2ccc(N)c(NC(C)=O)c12. The van der Waals surface area contributed by atoms with E-state index in [9.17, 15) is 39.6 Å². The number of methoxy groups -OCH3 is 1. The average molecular weight is 606 g/mol. The maximum absolute atomic E-state index is 13.5. The summed E-state index contributed by atoms with van der Waals surface area (Å²) < 4.78 is 103. The molecule has 4 N–H and O–H groups in total. The molecule has 0 bridgehead atoms. The Balaban J connectivity index is 2.64. The number of carbonyl (C=O) groups excluding carboxylic acids is 2. The third kappa shape index (κ3) is 6.66. The van der Waals surface area contributed by atoms with Crippen molar-refractivity contribution >= 4 is 60.1 Å². The number of nitrogens with one attached hydrogen (secondary N) is 2. The predicted octanol–water partition coefficient (Wildman–Crippen LogP) is 3.72. The molecular formula is C23H22F3N3O9S2. The predicted molar refractivity (Wildman–Crippen MR) is 139 cm³/mol. The van der Waals surface area contributed by atoms with Crippen molar-refractivity contribution in [3.05, 3.63) is 53.6 Å². The molecule has 0 heterocycles. The molecule has 0 unspecified atom stereocenters. The Bertz CT molecular complexity index is 1690. The van der Waals surface area contributed by atoms with Crippen molar-refractivity contribution in [1.82, 2.24) is 0 Å². The second-order valence-corrected chi connectivity index (χ2v) is 11.3. The summed E-state index contributed by atoms with van der Waals surface area (Å²) >= 11 is 0. The number of nitrogen functional groups attached to an aromatic ring is 1. The largest absolute Gasteiger partial charge is 0.534 e. The van der Waals surface area contributed by atoms with E-state index in [2.05, 4.69) is 19.6 Å². The normalized spacial score (nSPS) is 12.1. The van der Waals surface area contributed by atoms with E-state index in [0.29, 0.717) is 11.8 Å². The van der Waals surface area contributed by atoms with Crippen LogP contribution in [-0.4, -0.2) is 47.7 Å². The van der Waals surface area contributed by atoms with Gasteiger partial charge in [0.1, 0.15) is 5.69 Å². The van der Waals surface area contributed by atoms with Gasteiger partial charge in [0, 0.05) is 24.3 Å². The first-order chi connectivity index (χ1) is 18.4. The van der Waals surface area contributed by atoms with Crippen LogP contribution in [0, 0.1) is 0 Å². The number of benzene rings is 3. The summed E-state index contributed by atoms with van der Waals surface area (Å²) in [5.74, 6) is -3.00. The zero-order valence-electron chi connectivity index (χ0n) is 21.0. The van der Waals surface area contributed by atoms with Gasteiger partial charge < -0.3 is 24.2 Å². The lowest BCUT2D eigenvalue weighted by Gasteiger charge is -2.24. The number of fused-ring (bicyclic) bond motifs is 1. The number of halogens is 3. The van der Waals surface area contributed by atoms with Crippen molar-refractivity contribution in [3.8, 4) is 11.5 Å². The van der Waals surface area contributed by atoms with Crippen molar-refractivity contribution in [1.29, 1.82) is 0 Å². The standard InChI is InChI=1S/C23H22F3N3O9S2/c1-12(30)28-18-16(27)10-9-14-15(11-13-7-5-4-6-8-13)20(38-40(34,35)23(24,25)26)21(37-39(3,32)33)19(17(14)18)29-22(31)36-2/h4-10H,11,27H2,1-3H3,(H,28,30)(H,29,31). The highest BCUT2D eigenvalue weighted by Crippen LogP contribution is 2.51. The van der Waals surface area contributed by atoms with Gasteiger partial charge in [-0.05, 0) is 17.0 Å². The van der Waals surface area contributed by atoms with Gasteiger partial charge in [0.05, 0.1) is 24.7 Å². The van der Waals surface area contributed by atoms with Crippen LogP contribution in [0.25, 0.3) is 10.8 Å². The quantitative estimate of drug-likeness (QED) is 0.195. The second kappa shape index (κ2) is 11.1. The number of amides is 2. The fraction of sp³-hybridized carbons (Fsp3) is 0.217. The van der Waals surface area contributed by atoms with Gasteiger partial charge in [-0.1, -0.05) is 36.4 Å². The van der Waals surface area contributed by atoms with Crippen LogP contribution in [0.2, 0.25) is 0 Å². The highest BCUT2D eigenvalue weighted by molar-refractivity contribution is 7.88. The van der Waals surface area contributed by atoms with Crippen LogP contribution in [0.1, 0.15) is 18.1 Å². The Morgan fingerprint density at radius 1 is 0.925 bits per heavy atom. The van der Waals surface area contributed by atoms with E-state index in [1.807, 2.05) is 0 Å². The highest BCUT2D eigenvalue weighted by atomic mass is 32.2. The van der Waals surface area contributed by atoms with E-state index in [-0.39, 0.29) is 34.1 Å². The molecule has 3 aromatic rings. The van der Waals surface area contributed by atoms with E-state index >= 15 is 0 Å². The Morgan fingerprint density at radius 3 is 2.08 bits per heavy atom. The van der Waals surface area contributed by atoms with Crippen molar-refractivity contribution in [3.63, 3.8) is 0 Å². The van der Waals surface area contributed by atoms with E-state index in [1.165, 1.54) is 12.1 Å². The Kier molecular flexibility index (Phi) is 8.40. The number of rotatable bonds is 8. The number of hydrogen-bond donors (Lipinski definition) is 3. The van der Waals surface area contributed by atoms with E-state index in [1.54, 1.807) is 30.3 Å². The Hall–Kier alpha value is -4.25. The molecule has 0 aliphatic carbocycles. The van der Waals surface area contributed by atoms with Crippen LogP contribution in [-0.2, 0) is 36.2 Å². The molecule has 2 amide bonds. The molecule has 12 nitrogen and oxygen atoms in total. The van der Waals surface area contributed by atoms with E-state index < -0.39 is 54.9 Å². The number of ether oxygens (including phenoxy) is 1. The molecule has 0 spiro atoms. The first-order valence-corrected chi connectivity index (χ1v) is 14.2. The lowest BCUT2D eigenvalue weighted by Crippen LogP contribution is -2.29. The molecule has 0 fully saturated rings. The molecule has 0 aromatic heterocycles. The zero-order chi connectivity index (χ0) is 30.0. The van der Waals surface area contributed by atoms with Crippen molar-refractivity contribution in [2.75, 3.05) is 29.7 Å². The number of nitrogens with two attached hydrogens (primary N) is 1. The number of carbonyl (C=O) groups is 2. The molecule has 0 saturated heterocycles. The van der Waals surface area contributed by atoms with Gasteiger partial charge >= 0.3 is 31.8 Å². The van der Waals surface area contributed by atoms with Gasteiger partial charge in [-0.3, -0.25) is 10.1 Å². The summed E-state index contributed by atoms with van der Waals surface area (Å²) in [6, 6.07) is 10.4. The summed E-state index contributed by atoms with van der Waals surface area (Å²) in [7, 11) is -10.1. The maximum Gasteiger partial charge on any atom is 0.534 e. The fourth-order valence-electron chi connectivity index (χ4n) is 3.65. The Labute approximate surface area is 226 Å². The minimum absolute atomic E-state index is 0.0820. The molecule has 40 heavy (non-hydrogen) atoms. The maximum atomic E-state index is 13.5. The summed E-state index contributed by atoms with van der Waals surface area (Å²) in [6.07, 6.45) is -1.08. The van der Waals surface area contributed by atoms with Crippen molar-refractivity contribution in [2.45, 2.75) is 18.9 Å². The topological polar surface area (TPSA) is 180 Å². The van der Waals surface area contributed by atoms with Gasteiger partial charge in [0.15, 0.2) is 5.75 Å². The molecule has 3 rings (SSSR count). The third-order valence-corrected chi connectivity index (χ3v) is 6.59. The number of anilines is 3. The van der Waals surface area contributed by atoms with Crippen LogP contribution < -0.4 is 24.7 Å². The summed E-state index contributed by atoms with van der Waals surface area (Å²) in [5.41, 5.74) is -0.795. The summed E-state index contributed by atoms with van der Waals surface area (Å²) in [6.45, 7) is 1.11. The fourth-order valence-corrected chi connectivity index (χ4v) is 4.60. The number of alkyl halides is 3. The molecule has 0 atom stereocenters. The van der Waals surface area contributed by atoms with Gasteiger partial charge in [-0.25, -0.2) is 4.79 Å². The first-order valence-electron chi connectivity index (χ1n) is 10.9. The molecule has 0 aliphatic heterocycles. The van der Waals surface area contributed by atoms with Gasteiger partial charge in [0.2, 0.25) is 11.7 Å². The molecule has 0 radical (unpaired) electrons. The van der Waals surface area contributed by atoms with Gasteiger partial charge in [-0.2, -0.15) is 30.0 Å². The van der Waals surface area contributed by atoms with Crippen molar-refractivity contribution in [2.24, 2.45) is 0 Å². The van der Waals surface area contributed by atoms with Crippen LogP contribution in [0.5, 0.6) is 11.5 Å². The van der Waals surface area contributed by atoms with E-state index in [4.69, 9.17) is 9.92 Å². The summed E-state index contributed by atoms with van der Waals surface area (Å²) in [4.78, 5) is 24.3. The van der Waals surface area contributed by atoms with Crippen LogP contribution in [0.15, 0.2) is 42.5 Å². The number of hydrogen-bond acceptors (Lipinski definition) is 10. The molecule has 216 valence electrons. The van der Waals surface area contributed by atoms with Gasteiger partial charge in [-0.15, -0.1) is 0 Å². The smallest absolute Gasteiger partial charge is 0.453 e. The lowest BCUT2D eigenvalue weighted by atomic mass is 9.94. The van der Waals surface area contributed by atoms with Crippen molar-refractivity contribution < 1.29 is 52.7 Å². The monoisotopic (exact) mass is 605 g/mol. The summed E-state index contributed by atoms with van der Waals surface area (Å²) in [5, 5.41) is 4.23.